The average molecular weight is 524 g/mol. The molecule has 190 valence electrons. The van der Waals surface area contributed by atoms with Crippen LogP contribution in [-0.2, 0) is 15.6 Å². The maximum atomic E-state index is 12.0. The van der Waals surface area contributed by atoms with E-state index in [9.17, 15) is 14.7 Å². The Bertz CT molecular complexity index is 1340. The number of fused-ring (bicyclic) bond motifs is 1. The number of phenols is 1. The molecule has 1 aliphatic heterocycles. The highest BCUT2D eigenvalue weighted by molar-refractivity contribution is 8.18. The molecule has 1 atom stereocenters. The highest BCUT2D eigenvalue weighted by Gasteiger charge is 2.28. The molecule has 0 spiro atoms. The van der Waals surface area contributed by atoms with Gasteiger partial charge in [-0.15, -0.1) is 11.3 Å². The third-order valence-corrected chi connectivity index (χ3v) is 8.12. The number of carbonyl (C=O) groups is 2. The molecule has 2 amide bonds. The van der Waals surface area contributed by atoms with Gasteiger partial charge in [0.1, 0.15) is 11.5 Å². The zero-order valence-corrected chi connectivity index (χ0v) is 23.4. The van der Waals surface area contributed by atoms with Gasteiger partial charge in [0.2, 0.25) is 0 Å². The third kappa shape index (κ3) is 5.32. The van der Waals surface area contributed by atoms with Crippen LogP contribution in [0, 0.1) is 0 Å². The van der Waals surface area contributed by atoms with Crippen LogP contribution in [0.25, 0.3) is 16.2 Å². The van der Waals surface area contributed by atoms with Crippen molar-refractivity contribution in [2.24, 2.45) is 0 Å². The summed E-state index contributed by atoms with van der Waals surface area (Å²) in [4.78, 5) is 23.9. The van der Waals surface area contributed by atoms with Crippen molar-refractivity contribution in [2.45, 2.75) is 65.2 Å². The van der Waals surface area contributed by atoms with Crippen molar-refractivity contribution in [2.75, 3.05) is 6.61 Å². The highest BCUT2D eigenvalue weighted by Crippen LogP contribution is 2.41. The van der Waals surface area contributed by atoms with Crippen LogP contribution < -0.4 is 10.1 Å². The predicted molar refractivity (Wildman–Crippen MR) is 150 cm³/mol. The zero-order valence-electron chi connectivity index (χ0n) is 21.8. The number of hydrogen-bond donors (Lipinski definition) is 2. The van der Waals surface area contributed by atoms with E-state index in [4.69, 9.17) is 4.74 Å². The quantitative estimate of drug-likeness (QED) is 0.335. The molecule has 0 aliphatic carbocycles. The number of thiophene rings is 1. The Morgan fingerprint density at radius 2 is 1.67 bits per heavy atom. The summed E-state index contributed by atoms with van der Waals surface area (Å²) in [6, 6.07) is 10.1. The van der Waals surface area contributed by atoms with Gasteiger partial charge in [0.15, 0.2) is 0 Å². The summed E-state index contributed by atoms with van der Waals surface area (Å²) >= 11 is 2.50. The molecule has 0 bridgehead atoms. The molecule has 3 aromatic rings. The molecule has 1 aliphatic rings. The lowest BCUT2D eigenvalue weighted by Gasteiger charge is -2.29. The number of aromatic hydroxyl groups is 1. The maximum Gasteiger partial charge on any atom is 0.290 e. The lowest BCUT2D eigenvalue weighted by molar-refractivity contribution is -0.115. The normalized spacial score (nSPS) is 16.6. The number of phenolic OH excluding ortho intramolecular Hbond substituents is 1. The molecular formula is C29H33NO4S2. The van der Waals surface area contributed by atoms with Crippen LogP contribution >= 0.6 is 23.1 Å². The molecular weight excluding hydrogens is 490 g/mol. The van der Waals surface area contributed by atoms with Gasteiger partial charge < -0.3 is 9.84 Å². The van der Waals surface area contributed by atoms with Crippen LogP contribution in [0.4, 0.5) is 4.79 Å². The SMILES string of the molecule is CC(COc1ccc(C=C2SC(=O)NC2=O)c2sccc12)c1cc(C(C)(C)C)c(O)c(C(C)(C)C)c1. The third-order valence-electron chi connectivity index (χ3n) is 6.34. The minimum Gasteiger partial charge on any atom is -0.507 e. The molecule has 2 heterocycles. The number of benzene rings is 2. The summed E-state index contributed by atoms with van der Waals surface area (Å²) in [5.74, 6) is 0.910. The number of thioether (sulfide) groups is 1. The summed E-state index contributed by atoms with van der Waals surface area (Å²) in [6.07, 6.45) is 1.76. The first-order valence-electron chi connectivity index (χ1n) is 12.0. The molecule has 7 heteroatoms. The van der Waals surface area contributed by atoms with Crippen LogP contribution in [0.15, 0.2) is 40.6 Å². The predicted octanol–water partition coefficient (Wildman–Crippen LogP) is 7.71. The van der Waals surface area contributed by atoms with Crippen molar-refractivity contribution in [3.63, 3.8) is 0 Å². The van der Waals surface area contributed by atoms with Crippen molar-refractivity contribution in [1.82, 2.24) is 5.32 Å². The second-order valence-corrected chi connectivity index (χ2v) is 13.3. The molecule has 2 N–H and O–H groups in total. The molecule has 0 radical (unpaired) electrons. The molecule has 5 nitrogen and oxygen atoms in total. The minimum absolute atomic E-state index is 0.105. The average Bonchev–Trinajstić information content (AvgIpc) is 3.38. The van der Waals surface area contributed by atoms with E-state index in [-0.39, 0.29) is 27.9 Å². The number of carbonyl (C=O) groups excluding carboxylic acids is 2. The van der Waals surface area contributed by atoms with Crippen molar-refractivity contribution in [3.8, 4) is 11.5 Å². The minimum atomic E-state index is -0.359. The summed E-state index contributed by atoms with van der Waals surface area (Å²) in [5.41, 5.74) is 3.54. The Morgan fingerprint density at radius 3 is 2.22 bits per heavy atom. The van der Waals surface area contributed by atoms with E-state index in [1.807, 2.05) is 23.6 Å². The fourth-order valence-corrected chi connectivity index (χ4v) is 5.83. The number of amides is 2. The van der Waals surface area contributed by atoms with Crippen LogP contribution in [0.1, 0.15) is 76.6 Å². The summed E-state index contributed by atoms with van der Waals surface area (Å²) in [7, 11) is 0. The lowest BCUT2D eigenvalue weighted by atomic mass is 9.77. The zero-order chi connectivity index (χ0) is 26.4. The van der Waals surface area contributed by atoms with Crippen LogP contribution in [0.5, 0.6) is 11.5 Å². The molecule has 1 saturated heterocycles. The van der Waals surface area contributed by atoms with Crippen LogP contribution in [-0.4, -0.2) is 22.9 Å². The van der Waals surface area contributed by atoms with Crippen molar-refractivity contribution >= 4 is 50.4 Å². The molecule has 4 rings (SSSR count). The molecule has 1 fully saturated rings. The molecule has 2 aromatic carbocycles. The number of rotatable bonds is 5. The Hall–Kier alpha value is -2.77. The first kappa shape index (κ1) is 26.3. The van der Waals surface area contributed by atoms with Crippen molar-refractivity contribution in [3.05, 3.63) is 62.9 Å². The summed E-state index contributed by atoms with van der Waals surface area (Å²) < 4.78 is 7.33. The topological polar surface area (TPSA) is 75.6 Å². The van der Waals surface area contributed by atoms with Gasteiger partial charge in [-0.05, 0) is 74.5 Å². The molecule has 36 heavy (non-hydrogen) atoms. The van der Waals surface area contributed by atoms with Gasteiger partial charge in [0.05, 0.1) is 11.5 Å². The van der Waals surface area contributed by atoms with E-state index in [0.717, 1.165) is 49.9 Å². The van der Waals surface area contributed by atoms with Gasteiger partial charge in [0, 0.05) is 16.0 Å². The van der Waals surface area contributed by atoms with E-state index in [1.165, 1.54) is 0 Å². The summed E-state index contributed by atoms with van der Waals surface area (Å²) in [6.45, 7) is 15.3. The van der Waals surface area contributed by atoms with Gasteiger partial charge in [-0.1, -0.05) is 60.6 Å². The number of imide groups is 1. The highest BCUT2D eigenvalue weighted by atomic mass is 32.2. The molecule has 1 unspecified atom stereocenters. The fraction of sp³-hybridized carbons (Fsp3) is 0.379. The standard InChI is InChI=1S/C29H33NO4S2/c1-16(18-12-20(28(2,3)4)24(31)21(13-18)29(5,6)7)15-34-22-9-8-17(25-19(22)10-11-35-25)14-23-26(32)30-27(33)36-23/h8-14,16,31H,15H2,1-7H3,(H,30,32,33). The first-order valence-corrected chi connectivity index (χ1v) is 13.7. The van der Waals surface area contributed by atoms with Crippen molar-refractivity contribution < 1.29 is 19.4 Å². The van der Waals surface area contributed by atoms with Gasteiger partial charge in [-0.25, -0.2) is 0 Å². The number of nitrogens with one attached hydrogen (secondary N) is 1. The van der Waals surface area contributed by atoms with E-state index in [0.29, 0.717) is 17.3 Å². The first-order chi connectivity index (χ1) is 16.8. The van der Waals surface area contributed by atoms with Gasteiger partial charge in [0.25, 0.3) is 11.1 Å². The number of ether oxygens (including phenoxy) is 1. The maximum absolute atomic E-state index is 12.0. The Kier molecular flexibility index (Phi) is 7.01. The largest absolute Gasteiger partial charge is 0.507 e. The number of hydrogen-bond acceptors (Lipinski definition) is 6. The van der Waals surface area contributed by atoms with E-state index < -0.39 is 0 Å². The van der Waals surface area contributed by atoms with Gasteiger partial charge in [-0.3, -0.25) is 14.9 Å². The Balaban J connectivity index is 1.61. The van der Waals surface area contributed by atoms with E-state index in [2.05, 4.69) is 65.9 Å². The van der Waals surface area contributed by atoms with Crippen LogP contribution in [0.3, 0.4) is 0 Å². The lowest BCUT2D eigenvalue weighted by Crippen LogP contribution is -2.19. The van der Waals surface area contributed by atoms with Gasteiger partial charge in [-0.2, -0.15) is 0 Å². The monoisotopic (exact) mass is 523 g/mol. The second-order valence-electron chi connectivity index (χ2n) is 11.3. The van der Waals surface area contributed by atoms with Crippen molar-refractivity contribution in [1.29, 1.82) is 0 Å². The fourth-order valence-electron chi connectivity index (χ4n) is 4.26. The Morgan fingerprint density at radius 1 is 1.03 bits per heavy atom. The van der Waals surface area contributed by atoms with E-state index >= 15 is 0 Å². The van der Waals surface area contributed by atoms with Crippen LogP contribution in [0.2, 0.25) is 0 Å². The van der Waals surface area contributed by atoms with E-state index in [1.54, 1.807) is 17.4 Å². The smallest absolute Gasteiger partial charge is 0.290 e. The molecule has 0 saturated carbocycles. The van der Waals surface area contributed by atoms with Gasteiger partial charge >= 0.3 is 0 Å². The molecule has 1 aromatic heterocycles. The second kappa shape index (κ2) is 9.60. The Labute approximate surface area is 220 Å². The summed E-state index contributed by atoms with van der Waals surface area (Å²) in [5, 5.41) is 16.0.